The Balaban J connectivity index is 0.000000204. The molecule has 2 atom stereocenters. The van der Waals surface area contributed by atoms with Gasteiger partial charge in [-0.1, -0.05) is 31.7 Å². The maximum absolute atomic E-state index is 13.8. The number of carboxylic acids is 1. The normalized spacial score (nSPS) is 17.2. The van der Waals surface area contributed by atoms with Crippen molar-refractivity contribution in [2.75, 3.05) is 122 Å². The van der Waals surface area contributed by atoms with Crippen LogP contribution in [-0.4, -0.2) is 153 Å². The third-order valence-corrected chi connectivity index (χ3v) is 16.0. The fourth-order valence-electron chi connectivity index (χ4n) is 11.7. The Hall–Kier alpha value is -6.86. The maximum atomic E-state index is 13.8. The predicted molar refractivity (Wildman–Crippen MR) is 311 cm³/mol. The van der Waals surface area contributed by atoms with Crippen molar-refractivity contribution in [1.29, 1.82) is 0 Å². The molecule has 0 saturated carbocycles. The van der Waals surface area contributed by atoms with Crippen molar-refractivity contribution in [2.24, 2.45) is 0 Å². The molecule has 2 unspecified atom stereocenters. The lowest BCUT2D eigenvalue weighted by Crippen LogP contribution is -2.39. The minimum Gasteiger partial charge on any atom is -0.478 e. The summed E-state index contributed by atoms with van der Waals surface area (Å²) in [6.45, 7) is 25.0. The Morgan fingerprint density at radius 3 is 1.43 bits per heavy atom. The lowest BCUT2D eigenvalue weighted by Gasteiger charge is -2.34. The Labute approximate surface area is 465 Å². The molecule has 0 aliphatic carbocycles. The first-order valence-corrected chi connectivity index (χ1v) is 27.1. The van der Waals surface area contributed by atoms with E-state index in [-0.39, 0.29) is 37.5 Å². The number of H-pyrrole nitrogens is 1. The number of aromatic amines is 1. The van der Waals surface area contributed by atoms with Gasteiger partial charge in [-0.15, -0.1) is 0 Å². The highest BCUT2D eigenvalue weighted by Crippen LogP contribution is 2.37. The SMILES string of the molecule is C.Cc1c(C(=O)O)cc2c(-c3ccc(N4CCOCC4)cc3)ccn2c1C(C)N1CCOCC1.Cc1cc(C)c(CNC(=O)c2cc3c(-c4ccc(N5CCOCC5)cc4)ccn3c(C(C)N3CCOCC3)c2C)c(=O)[nH]1.[2H]CF. The zero-order valence-electron chi connectivity index (χ0n) is 46.9. The molecule has 4 aliphatic rings. The number of rotatable bonds is 12. The Bertz CT molecular complexity index is 3280. The van der Waals surface area contributed by atoms with E-state index in [2.05, 4.69) is 126 Å². The number of benzene rings is 2. The molecule has 1 amide bonds. The van der Waals surface area contributed by atoms with Gasteiger partial charge in [0.1, 0.15) is 0 Å². The van der Waals surface area contributed by atoms with Crippen LogP contribution in [-0.2, 0) is 25.5 Å². The molecule has 4 fully saturated rings. The predicted octanol–water partition coefficient (Wildman–Crippen LogP) is 9.44. The lowest BCUT2D eigenvalue weighted by atomic mass is 9.98. The number of pyridine rings is 3. The van der Waals surface area contributed by atoms with Crippen molar-refractivity contribution in [3.8, 4) is 22.3 Å². The lowest BCUT2D eigenvalue weighted by molar-refractivity contribution is 0.0186. The van der Waals surface area contributed by atoms with Crippen LogP contribution in [0.5, 0.6) is 0 Å². The van der Waals surface area contributed by atoms with Gasteiger partial charge >= 0.3 is 5.97 Å². The summed E-state index contributed by atoms with van der Waals surface area (Å²) < 4.78 is 42.1. The molecule has 2 aromatic carbocycles. The number of anilines is 2. The number of nitrogens with one attached hydrogen (secondary N) is 2. The molecule has 16 nitrogen and oxygen atoms in total. The monoisotopic (exact) mass is 1080 g/mol. The van der Waals surface area contributed by atoms with Crippen molar-refractivity contribution >= 4 is 34.3 Å². The van der Waals surface area contributed by atoms with E-state index in [9.17, 15) is 23.9 Å². The van der Waals surface area contributed by atoms with Gasteiger partial charge in [0, 0.05) is 134 Å². The topological polar surface area (TPSA) is 158 Å². The van der Waals surface area contributed by atoms with E-state index < -0.39 is 13.1 Å². The summed E-state index contributed by atoms with van der Waals surface area (Å²) in [4.78, 5) is 50.9. The fraction of sp³-hybridized carbons (Fsp3) is 0.435. The Morgan fingerprint density at radius 2 is 1.03 bits per heavy atom. The first-order chi connectivity index (χ1) is 38.3. The van der Waals surface area contributed by atoms with Crippen molar-refractivity contribution < 1.29 is 39.4 Å². The number of carboxylic acid groups (broad SMARTS) is 1. The van der Waals surface area contributed by atoms with Gasteiger partial charge in [-0.3, -0.25) is 23.8 Å². The van der Waals surface area contributed by atoms with E-state index in [0.717, 1.165) is 146 Å². The van der Waals surface area contributed by atoms with Crippen LogP contribution in [0, 0.1) is 27.7 Å². The first-order valence-electron chi connectivity index (χ1n) is 27.8. The summed E-state index contributed by atoms with van der Waals surface area (Å²) in [5, 5.41) is 13.0. The van der Waals surface area contributed by atoms with Crippen LogP contribution in [0.1, 0.15) is 94.8 Å². The second kappa shape index (κ2) is 26.4. The largest absolute Gasteiger partial charge is 0.478 e. The van der Waals surface area contributed by atoms with E-state index in [0.29, 0.717) is 43.1 Å². The number of aromatic carboxylic acids is 1. The van der Waals surface area contributed by atoms with Crippen LogP contribution in [0.2, 0.25) is 0 Å². The molecule has 79 heavy (non-hydrogen) atoms. The van der Waals surface area contributed by atoms with E-state index >= 15 is 0 Å². The van der Waals surface area contributed by atoms with Gasteiger partial charge in [0.25, 0.3) is 11.5 Å². The highest BCUT2D eigenvalue weighted by atomic mass is 19.1. The number of fused-ring (bicyclic) bond motifs is 2. The van der Waals surface area contributed by atoms with Crippen molar-refractivity contribution in [3.63, 3.8) is 0 Å². The zero-order valence-corrected chi connectivity index (χ0v) is 45.9. The number of hydrogen-bond acceptors (Lipinski definition) is 11. The summed E-state index contributed by atoms with van der Waals surface area (Å²) in [6.07, 6.45) is 4.20. The number of ether oxygens (including phenoxy) is 4. The average molecular weight is 1080 g/mol. The third-order valence-electron chi connectivity index (χ3n) is 16.0. The van der Waals surface area contributed by atoms with Crippen LogP contribution in [0.15, 0.2) is 96.1 Å². The summed E-state index contributed by atoms with van der Waals surface area (Å²) in [7, 11) is -1.00. The highest BCUT2D eigenvalue weighted by Gasteiger charge is 2.29. The number of amides is 1. The molecular weight excluding hydrogens is 1000 g/mol. The number of aryl methyl sites for hydroxylation is 2. The van der Waals surface area contributed by atoms with E-state index in [4.69, 9.17) is 20.3 Å². The maximum Gasteiger partial charge on any atom is 0.336 e. The second-order valence-electron chi connectivity index (χ2n) is 20.5. The molecule has 0 radical (unpaired) electrons. The molecule has 17 heteroatoms. The smallest absolute Gasteiger partial charge is 0.336 e. The summed E-state index contributed by atoms with van der Waals surface area (Å²) in [6, 6.07) is 27.4. The van der Waals surface area contributed by atoms with Crippen LogP contribution in [0.3, 0.4) is 0 Å². The van der Waals surface area contributed by atoms with Crippen LogP contribution < -0.4 is 20.7 Å². The molecular formula is C62H79FN8O8. The average Bonchev–Trinajstić information content (AvgIpc) is 4.16. The number of aromatic nitrogens is 3. The molecule has 11 rings (SSSR count). The van der Waals surface area contributed by atoms with Gasteiger partial charge in [-0.05, 0) is 124 Å². The zero-order chi connectivity index (χ0) is 55.7. The number of halogens is 1. The van der Waals surface area contributed by atoms with Gasteiger partial charge in [-0.2, -0.15) is 0 Å². The van der Waals surface area contributed by atoms with Gasteiger partial charge in [0.15, 0.2) is 0 Å². The molecule has 4 aliphatic heterocycles. The highest BCUT2D eigenvalue weighted by molar-refractivity contribution is 5.99. The van der Waals surface area contributed by atoms with Gasteiger partial charge < -0.3 is 53.0 Å². The summed E-state index contributed by atoms with van der Waals surface area (Å²) >= 11 is 0. The minimum atomic E-state index is -1.00. The molecule has 4 saturated heterocycles. The molecule has 0 bridgehead atoms. The second-order valence-corrected chi connectivity index (χ2v) is 20.5. The molecule has 422 valence electrons. The third kappa shape index (κ3) is 12.6. The van der Waals surface area contributed by atoms with Crippen LogP contribution in [0.25, 0.3) is 33.3 Å². The number of hydrogen-bond donors (Lipinski definition) is 3. The summed E-state index contributed by atoms with van der Waals surface area (Å²) in [5.41, 5.74) is 15.5. The number of carbonyl (C=O) groups is 2. The molecule has 9 heterocycles. The van der Waals surface area contributed by atoms with Crippen LogP contribution in [0.4, 0.5) is 15.8 Å². The number of alkyl halides is 1. The summed E-state index contributed by atoms with van der Waals surface area (Å²) in [5.74, 6) is -1.08. The molecule has 3 N–H and O–H groups in total. The standard InChI is InChI=1S/C34H41N5O4.C26H31N3O4.CH3F.CH4/c1-22-19-23(2)36-34(41)30(22)21-35-33(40)29-20-31-28(26-5-7-27(8-6-26)38-13-17-43-18-14-38)9-10-39(31)32(24(29)3)25(4)37-11-15-42-16-12-37;1-18-23(26(30)31)17-24-22(20-3-5-21(6-4-20)28-11-15-33-16-12-28)7-8-29(24)25(18)19(2)27-9-13-32-14-10-27;1-2;/h5-10,19-20,25H,11-18,21H2,1-4H3,(H,35,40)(H,36,41);3-8,17,19H,9-16H2,1-2H3,(H,30,31);1H3;1H4/i;;1D;. The Kier molecular flexibility index (Phi) is 19.0. The molecule has 0 spiro atoms. The first kappa shape index (κ1) is 56.8. The van der Waals surface area contributed by atoms with Gasteiger partial charge in [-0.25, -0.2) is 4.79 Å². The number of nitrogens with zero attached hydrogens (tertiary/aromatic N) is 6. The van der Waals surface area contributed by atoms with E-state index in [1.165, 1.54) is 11.4 Å². The molecule has 7 aromatic rings. The van der Waals surface area contributed by atoms with Crippen molar-refractivity contribution in [1.82, 2.24) is 28.9 Å². The van der Waals surface area contributed by atoms with Crippen molar-refractivity contribution in [3.05, 3.63) is 152 Å². The minimum absolute atomic E-state index is 0. The van der Waals surface area contributed by atoms with Crippen molar-refractivity contribution in [2.45, 2.75) is 67.6 Å². The quantitative estimate of drug-likeness (QED) is 0.107. The van der Waals surface area contributed by atoms with Gasteiger partial charge in [0.05, 0.1) is 78.0 Å². The van der Waals surface area contributed by atoms with E-state index in [1.54, 1.807) is 0 Å². The van der Waals surface area contributed by atoms with Crippen LogP contribution >= 0.6 is 0 Å². The van der Waals surface area contributed by atoms with Gasteiger partial charge in [0.2, 0.25) is 0 Å². The number of carbonyl (C=O) groups excluding carboxylic acids is 1. The Morgan fingerprint density at radius 1 is 0.633 bits per heavy atom. The van der Waals surface area contributed by atoms with E-state index in [1.807, 2.05) is 45.9 Å². The fourth-order valence-corrected chi connectivity index (χ4v) is 11.7. The number of morpholine rings is 4. The molecule has 5 aromatic heterocycles.